The summed E-state index contributed by atoms with van der Waals surface area (Å²) in [6.45, 7) is 0. The second kappa shape index (κ2) is 9.26. The first kappa shape index (κ1) is 23.7. The quantitative estimate of drug-likeness (QED) is 0.204. The fourth-order valence-corrected chi connectivity index (χ4v) is 6.01. The number of hydrogen-bond donors (Lipinski definition) is 0. The van der Waals surface area contributed by atoms with Crippen LogP contribution in [-0.4, -0.2) is 25.3 Å². The van der Waals surface area contributed by atoms with Crippen LogP contribution in [0, 0.1) is 0 Å². The molecule has 5 aromatic carbocycles. The van der Waals surface area contributed by atoms with Crippen LogP contribution in [0.5, 0.6) is 0 Å². The molecule has 0 fully saturated rings. The zero-order valence-electron chi connectivity index (χ0n) is 22.8. The minimum Gasteiger partial charge on any atom is -0.247 e. The zero-order chi connectivity index (χ0) is 28.3. The van der Waals surface area contributed by atoms with E-state index in [0.29, 0.717) is 11.0 Å². The van der Waals surface area contributed by atoms with Gasteiger partial charge in [-0.15, -0.1) is 0 Å². The van der Waals surface area contributed by atoms with Gasteiger partial charge >= 0.3 is 0 Å². The minimum atomic E-state index is 0.708. The van der Waals surface area contributed by atoms with E-state index in [2.05, 4.69) is 95.2 Å². The number of rotatable bonds is 3. The summed E-state index contributed by atoms with van der Waals surface area (Å²) in [7, 11) is 0. The molecule has 0 atom stereocenters. The minimum absolute atomic E-state index is 0.708. The third-order valence-corrected chi connectivity index (χ3v) is 8.11. The molecule has 0 spiro atoms. The first-order valence-electron chi connectivity index (χ1n) is 14.1. The Morgan fingerprint density at radius 3 is 1.77 bits per heavy atom. The van der Waals surface area contributed by atoms with Crippen LogP contribution in [0.4, 0.5) is 0 Å². The van der Waals surface area contributed by atoms with Crippen LogP contribution >= 0.6 is 0 Å². The maximum absolute atomic E-state index is 5.18. The van der Waals surface area contributed by atoms with Gasteiger partial charge in [0.05, 0.1) is 33.6 Å². The second-order valence-corrected chi connectivity index (χ2v) is 10.6. The predicted molar refractivity (Wildman–Crippen MR) is 172 cm³/mol. The van der Waals surface area contributed by atoms with Crippen LogP contribution in [0.3, 0.4) is 0 Å². The highest BCUT2D eigenvalue weighted by Gasteiger charge is 2.17. The molecule has 0 aliphatic rings. The molecule has 0 N–H and O–H groups in total. The highest BCUT2D eigenvalue weighted by molar-refractivity contribution is 6.21. The maximum atomic E-state index is 5.18. The van der Waals surface area contributed by atoms with Gasteiger partial charge in [-0.3, -0.25) is 0 Å². The lowest BCUT2D eigenvalue weighted by Crippen LogP contribution is -1.93. The van der Waals surface area contributed by atoms with Crippen molar-refractivity contribution in [3.63, 3.8) is 0 Å². The molecule has 6 heteroatoms. The molecular weight excluding hydrogens is 530 g/mol. The number of pyridine rings is 3. The van der Waals surface area contributed by atoms with Gasteiger partial charge in [0.25, 0.3) is 0 Å². The fraction of sp³-hybridized carbons (Fsp3) is 0. The standard InChI is InChI=1S/C37H21N5O/c1-3-7-22(8-4-1)29-17-13-24-11-12-25-14-18-30(39-36(25)35(24)38-29)26-15-19-31-28(21-26)33-27(16-20-32-37(33)42-43-41-32)34(40-31)23-9-5-2-6-10-23/h1-21H. The van der Waals surface area contributed by atoms with Crippen molar-refractivity contribution in [1.29, 1.82) is 0 Å². The number of benzene rings is 5. The van der Waals surface area contributed by atoms with Crippen molar-refractivity contribution in [2.45, 2.75) is 0 Å². The van der Waals surface area contributed by atoms with E-state index in [1.807, 2.05) is 42.5 Å². The lowest BCUT2D eigenvalue weighted by Gasteiger charge is -2.12. The SMILES string of the molecule is c1ccc(-c2ccc3ccc4ccc(-c5ccc6nc(-c7ccccc7)c7ccc8nonc8c7c6c5)nc4c3n2)cc1. The Hall–Kier alpha value is -6.01. The molecule has 6 nitrogen and oxygen atoms in total. The largest absolute Gasteiger partial charge is 0.247 e. The maximum Gasteiger partial charge on any atom is 0.143 e. The molecule has 0 saturated carbocycles. The highest BCUT2D eigenvalue weighted by atomic mass is 16.6. The Labute approximate surface area is 245 Å². The van der Waals surface area contributed by atoms with E-state index < -0.39 is 0 Å². The van der Waals surface area contributed by atoms with Crippen molar-refractivity contribution < 1.29 is 4.63 Å². The van der Waals surface area contributed by atoms with E-state index in [9.17, 15) is 0 Å². The lowest BCUT2D eigenvalue weighted by atomic mass is 9.97. The van der Waals surface area contributed by atoms with Gasteiger partial charge in [0.1, 0.15) is 11.0 Å². The Morgan fingerprint density at radius 1 is 0.419 bits per heavy atom. The number of hydrogen-bond acceptors (Lipinski definition) is 6. The Morgan fingerprint density at radius 2 is 1.05 bits per heavy atom. The first-order valence-corrected chi connectivity index (χ1v) is 14.1. The molecule has 4 heterocycles. The van der Waals surface area contributed by atoms with Crippen molar-refractivity contribution in [3.8, 4) is 33.8 Å². The van der Waals surface area contributed by atoms with E-state index >= 15 is 0 Å². The van der Waals surface area contributed by atoms with Crippen molar-refractivity contribution in [2.75, 3.05) is 0 Å². The molecule has 0 saturated heterocycles. The molecule has 0 amide bonds. The van der Waals surface area contributed by atoms with Crippen LogP contribution in [0.1, 0.15) is 0 Å². The monoisotopic (exact) mass is 551 g/mol. The molecule has 9 aromatic rings. The molecule has 9 rings (SSSR count). The second-order valence-electron chi connectivity index (χ2n) is 10.6. The molecule has 0 aliphatic carbocycles. The smallest absolute Gasteiger partial charge is 0.143 e. The molecule has 0 bridgehead atoms. The summed E-state index contributed by atoms with van der Waals surface area (Å²) in [5, 5.41) is 13.5. The summed E-state index contributed by atoms with van der Waals surface area (Å²) >= 11 is 0. The number of nitrogens with zero attached hydrogens (tertiary/aromatic N) is 5. The Kier molecular flexibility index (Phi) is 5.10. The van der Waals surface area contributed by atoms with Crippen LogP contribution in [-0.2, 0) is 0 Å². The average Bonchev–Trinajstić information content (AvgIpc) is 3.57. The Balaban J connectivity index is 1.28. The summed E-state index contributed by atoms with van der Waals surface area (Å²) < 4.78 is 5.17. The summed E-state index contributed by atoms with van der Waals surface area (Å²) in [6.07, 6.45) is 0. The van der Waals surface area contributed by atoms with E-state index in [0.717, 1.165) is 77.3 Å². The van der Waals surface area contributed by atoms with Crippen LogP contribution in [0.25, 0.3) is 88.3 Å². The van der Waals surface area contributed by atoms with Crippen LogP contribution in [0.2, 0.25) is 0 Å². The third-order valence-electron chi connectivity index (χ3n) is 8.11. The molecule has 0 aliphatic heterocycles. The molecular formula is C37H21N5O. The van der Waals surface area contributed by atoms with E-state index in [1.54, 1.807) is 0 Å². The zero-order valence-corrected chi connectivity index (χ0v) is 22.8. The predicted octanol–water partition coefficient (Wildman–Crippen LogP) is 9.02. The summed E-state index contributed by atoms with van der Waals surface area (Å²) in [5.41, 5.74) is 9.84. The van der Waals surface area contributed by atoms with Gasteiger partial charge in [0.2, 0.25) is 0 Å². The van der Waals surface area contributed by atoms with Crippen molar-refractivity contribution in [1.82, 2.24) is 25.3 Å². The van der Waals surface area contributed by atoms with Gasteiger partial charge in [0, 0.05) is 43.6 Å². The van der Waals surface area contributed by atoms with E-state index in [-0.39, 0.29) is 0 Å². The number of fused-ring (bicyclic) bond motifs is 8. The first-order chi connectivity index (χ1) is 21.3. The topological polar surface area (TPSA) is 77.6 Å². The summed E-state index contributed by atoms with van der Waals surface area (Å²) in [6, 6.07) is 43.3. The molecule has 43 heavy (non-hydrogen) atoms. The van der Waals surface area contributed by atoms with Crippen LogP contribution in [0.15, 0.2) is 132 Å². The van der Waals surface area contributed by atoms with Crippen molar-refractivity contribution >= 4 is 54.5 Å². The highest BCUT2D eigenvalue weighted by Crippen LogP contribution is 2.38. The summed E-state index contributed by atoms with van der Waals surface area (Å²) in [4.78, 5) is 15.4. The molecule has 0 radical (unpaired) electrons. The average molecular weight is 552 g/mol. The molecule has 0 unspecified atom stereocenters. The normalized spacial score (nSPS) is 11.7. The molecule has 200 valence electrons. The van der Waals surface area contributed by atoms with E-state index in [1.165, 1.54) is 0 Å². The van der Waals surface area contributed by atoms with Gasteiger partial charge in [-0.05, 0) is 46.7 Å². The van der Waals surface area contributed by atoms with Gasteiger partial charge in [-0.25, -0.2) is 19.6 Å². The van der Waals surface area contributed by atoms with Gasteiger partial charge in [-0.2, -0.15) is 0 Å². The van der Waals surface area contributed by atoms with Gasteiger partial charge in [-0.1, -0.05) is 91.0 Å². The van der Waals surface area contributed by atoms with E-state index in [4.69, 9.17) is 19.6 Å². The third kappa shape index (κ3) is 3.77. The van der Waals surface area contributed by atoms with Gasteiger partial charge < -0.3 is 0 Å². The van der Waals surface area contributed by atoms with Gasteiger partial charge in [0.15, 0.2) is 0 Å². The van der Waals surface area contributed by atoms with Crippen LogP contribution < -0.4 is 0 Å². The summed E-state index contributed by atoms with van der Waals surface area (Å²) in [5.74, 6) is 0. The van der Waals surface area contributed by atoms with Crippen molar-refractivity contribution in [2.24, 2.45) is 0 Å². The Bertz CT molecular complexity index is 2510. The lowest BCUT2D eigenvalue weighted by molar-refractivity contribution is 0.316. The fourth-order valence-electron chi connectivity index (χ4n) is 6.01. The number of aromatic nitrogens is 5. The van der Waals surface area contributed by atoms with Crippen molar-refractivity contribution in [3.05, 3.63) is 127 Å². The molecule has 4 aromatic heterocycles.